The Labute approximate surface area is 210 Å². The first-order valence-electron chi connectivity index (χ1n) is 11.4. The van der Waals surface area contributed by atoms with E-state index in [0.29, 0.717) is 35.0 Å². The fourth-order valence-electron chi connectivity index (χ4n) is 3.14. The van der Waals surface area contributed by atoms with Crippen LogP contribution >= 0.6 is 0 Å². The molecule has 0 spiro atoms. The van der Waals surface area contributed by atoms with Crippen LogP contribution in [0, 0.1) is 5.92 Å². The van der Waals surface area contributed by atoms with Crippen molar-refractivity contribution >= 4 is 18.1 Å². The fourth-order valence-corrected chi connectivity index (χ4v) is 3.14. The summed E-state index contributed by atoms with van der Waals surface area (Å²) in [6.07, 6.45) is 1.54. The molecule has 8 nitrogen and oxygen atoms in total. The van der Waals surface area contributed by atoms with Crippen molar-refractivity contribution in [1.82, 2.24) is 5.43 Å². The molecule has 0 radical (unpaired) electrons. The molecule has 0 atom stereocenters. The molecule has 188 valence electrons. The molecule has 0 aromatic heterocycles. The molecular formula is C28H30N2O6. The van der Waals surface area contributed by atoms with Crippen molar-refractivity contribution in [2.24, 2.45) is 11.0 Å². The number of amides is 1. The van der Waals surface area contributed by atoms with Crippen molar-refractivity contribution in [2.45, 2.75) is 20.5 Å². The molecule has 3 aromatic carbocycles. The Hall–Kier alpha value is -4.33. The maximum Gasteiger partial charge on any atom is 0.338 e. The van der Waals surface area contributed by atoms with Crippen LogP contribution in [0.25, 0.3) is 0 Å². The molecule has 0 saturated heterocycles. The maximum atomic E-state index is 12.3. The summed E-state index contributed by atoms with van der Waals surface area (Å²) in [6, 6.07) is 19.0. The van der Waals surface area contributed by atoms with Gasteiger partial charge in [-0.1, -0.05) is 13.8 Å². The smallest absolute Gasteiger partial charge is 0.338 e. The van der Waals surface area contributed by atoms with Gasteiger partial charge >= 0.3 is 5.97 Å². The predicted octanol–water partition coefficient (Wildman–Crippen LogP) is 4.86. The summed E-state index contributed by atoms with van der Waals surface area (Å²) in [5.41, 5.74) is 5.00. The van der Waals surface area contributed by atoms with Gasteiger partial charge in [0.05, 0.1) is 32.6 Å². The van der Waals surface area contributed by atoms with Gasteiger partial charge in [-0.15, -0.1) is 0 Å². The molecule has 0 unspecified atom stereocenters. The molecule has 0 aliphatic rings. The highest BCUT2D eigenvalue weighted by Crippen LogP contribution is 2.22. The Bertz CT molecular complexity index is 1190. The van der Waals surface area contributed by atoms with Crippen LogP contribution in [0.2, 0.25) is 0 Å². The van der Waals surface area contributed by atoms with Crippen LogP contribution in [0.3, 0.4) is 0 Å². The Morgan fingerprint density at radius 2 is 1.56 bits per heavy atom. The SMILES string of the molecule is COc1ccc(C(=O)N/N=C/c2ccc(OC)c(COc3ccc(C(=O)OCC(C)C)cc3)c2)cc1. The molecule has 1 amide bonds. The van der Waals surface area contributed by atoms with Crippen LogP contribution < -0.4 is 19.6 Å². The second kappa shape index (κ2) is 12.9. The lowest BCUT2D eigenvalue weighted by Gasteiger charge is -2.12. The van der Waals surface area contributed by atoms with Gasteiger partial charge in [-0.05, 0) is 78.2 Å². The maximum absolute atomic E-state index is 12.3. The molecule has 0 aliphatic carbocycles. The van der Waals surface area contributed by atoms with Crippen molar-refractivity contribution in [3.8, 4) is 17.2 Å². The van der Waals surface area contributed by atoms with E-state index in [0.717, 1.165) is 11.1 Å². The second-order valence-electron chi connectivity index (χ2n) is 8.30. The number of hydrogen-bond acceptors (Lipinski definition) is 7. The third kappa shape index (κ3) is 7.59. The Morgan fingerprint density at radius 3 is 2.19 bits per heavy atom. The van der Waals surface area contributed by atoms with Crippen molar-refractivity contribution in [3.63, 3.8) is 0 Å². The van der Waals surface area contributed by atoms with Crippen LogP contribution in [0.4, 0.5) is 0 Å². The Morgan fingerprint density at radius 1 is 0.889 bits per heavy atom. The van der Waals surface area contributed by atoms with Gasteiger partial charge in [0.1, 0.15) is 23.9 Å². The van der Waals surface area contributed by atoms with E-state index in [1.807, 2.05) is 26.0 Å². The van der Waals surface area contributed by atoms with E-state index >= 15 is 0 Å². The summed E-state index contributed by atoms with van der Waals surface area (Å²) >= 11 is 0. The molecule has 0 saturated carbocycles. The predicted molar refractivity (Wildman–Crippen MR) is 137 cm³/mol. The molecular weight excluding hydrogens is 460 g/mol. The van der Waals surface area contributed by atoms with Crippen LogP contribution in [0.5, 0.6) is 17.2 Å². The molecule has 0 bridgehead atoms. The normalized spacial score (nSPS) is 10.8. The summed E-state index contributed by atoms with van der Waals surface area (Å²) in [5.74, 6) is 1.51. The number of ether oxygens (including phenoxy) is 4. The number of esters is 1. The van der Waals surface area contributed by atoms with E-state index < -0.39 is 0 Å². The molecule has 8 heteroatoms. The third-order valence-corrected chi connectivity index (χ3v) is 5.07. The topological polar surface area (TPSA) is 95.5 Å². The van der Waals surface area contributed by atoms with E-state index in [1.165, 1.54) is 0 Å². The molecule has 36 heavy (non-hydrogen) atoms. The van der Waals surface area contributed by atoms with Gasteiger partial charge in [0.25, 0.3) is 5.91 Å². The molecule has 3 rings (SSSR count). The van der Waals surface area contributed by atoms with Gasteiger partial charge in [-0.25, -0.2) is 10.2 Å². The van der Waals surface area contributed by atoms with Gasteiger partial charge < -0.3 is 18.9 Å². The second-order valence-corrected chi connectivity index (χ2v) is 8.30. The Balaban J connectivity index is 1.59. The average Bonchev–Trinajstić information content (AvgIpc) is 2.90. The largest absolute Gasteiger partial charge is 0.497 e. The first-order chi connectivity index (χ1) is 17.4. The van der Waals surface area contributed by atoms with Crippen molar-refractivity contribution in [2.75, 3.05) is 20.8 Å². The molecule has 1 N–H and O–H groups in total. The first-order valence-corrected chi connectivity index (χ1v) is 11.4. The van der Waals surface area contributed by atoms with Crippen molar-refractivity contribution in [1.29, 1.82) is 0 Å². The lowest BCUT2D eigenvalue weighted by molar-refractivity contribution is 0.0459. The van der Waals surface area contributed by atoms with Gasteiger partial charge in [0.2, 0.25) is 0 Å². The lowest BCUT2D eigenvalue weighted by Crippen LogP contribution is -2.17. The van der Waals surface area contributed by atoms with E-state index in [-0.39, 0.29) is 24.4 Å². The number of carbonyl (C=O) groups excluding carboxylic acids is 2. The van der Waals surface area contributed by atoms with Crippen molar-refractivity contribution < 1.29 is 28.5 Å². The highest BCUT2D eigenvalue weighted by atomic mass is 16.5. The minimum atomic E-state index is -0.358. The number of nitrogens with zero attached hydrogens (tertiary/aromatic N) is 1. The lowest BCUT2D eigenvalue weighted by atomic mass is 10.1. The van der Waals surface area contributed by atoms with E-state index in [1.54, 1.807) is 75.0 Å². The minimum absolute atomic E-state index is 0.236. The highest BCUT2D eigenvalue weighted by Gasteiger charge is 2.10. The summed E-state index contributed by atoms with van der Waals surface area (Å²) in [4.78, 5) is 24.3. The number of methoxy groups -OCH3 is 2. The van der Waals surface area contributed by atoms with Gasteiger partial charge in [0, 0.05) is 11.1 Å². The number of carbonyl (C=O) groups is 2. The quantitative estimate of drug-likeness (QED) is 0.234. The highest BCUT2D eigenvalue weighted by molar-refractivity contribution is 5.95. The van der Waals surface area contributed by atoms with Crippen LogP contribution in [-0.4, -0.2) is 38.9 Å². The summed E-state index contributed by atoms with van der Waals surface area (Å²) < 4.78 is 21.7. The number of hydrogen-bond donors (Lipinski definition) is 1. The van der Waals surface area contributed by atoms with Gasteiger partial charge in [0.15, 0.2) is 0 Å². The zero-order chi connectivity index (χ0) is 25.9. The fraction of sp³-hybridized carbons (Fsp3) is 0.250. The minimum Gasteiger partial charge on any atom is -0.497 e. The number of rotatable bonds is 11. The molecule has 0 aliphatic heterocycles. The van der Waals surface area contributed by atoms with Crippen LogP contribution in [0.15, 0.2) is 71.8 Å². The number of hydrazone groups is 1. The summed E-state index contributed by atoms with van der Waals surface area (Å²) in [6.45, 7) is 4.58. The zero-order valence-electron chi connectivity index (χ0n) is 20.8. The molecule has 0 fully saturated rings. The number of nitrogens with one attached hydrogen (secondary N) is 1. The van der Waals surface area contributed by atoms with Crippen LogP contribution in [-0.2, 0) is 11.3 Å². The summed E-state index contributed by atoms with van der Waals surface area (Å²) in [7, 11) is 3.15. The average molecular weight is 491 g/mol. The van der Waals surface area contributed by atoms with E-state index in [4.69, 9.17) is 18.9 Å². The molecule has 0 heterocycles. The molecule has 3 aromatic rings. The van der Waals surface area contributed by atoms with Gasteiger partial charge in [-0.3, -0.25) is 4.79 Å². The monoisotopic (exact) mass is 490 g/mol. The number of benzene rings is 3. The standard InChI is InChI=1S/C28H30N2O6/c1-19(2)17-36-28(32)22-8-12-25(13-9-22)35-18-23-15-20(5-14-26(23)34-4)16-29-30-27(31)21-6-10-24(33-3)11-7-21/h5-16,19H,17-18H2,1-4H3,(H,30,31)/b29-16+. The first kappa shape index (κ1) is 26.3. The van der Waals surface area contributed by atoms with Crippen molar-refractivity contribution in [3.05, 3.63) is 89.0 Å². The third-order valence-electron chi connectivity index (χ3n) is 5.07. The van der Waals surface area contributed by atoms with E-state index in [2.05, 4.69) is 10.5 Å². The van der Waals surface area contributed by atoms with Gasteiger partial charge in [-0.2, -0.15) is 5.10 Å². The Kier molecular flexibility index (Phi) is 9.45. The van der Waals surface area contributed by atoms with Crippen LogP contribution in [0.1, 0.15) is 45.7 Å². The zero-order valence-corrected chi connectivity index (χ0v) is 20.8. The summed E-state index contributed by atoms with van der Waals surface area (Å²) in [5, 5.41) is 4.05. The van der Waals surface area contributed by atoms with E-state index in [9.17, 15) is 9.59 Å².